The van der Waals surface area contributed by atoms with Crippen molar-refractivity contribution in [1.82, 2.24) is 4.90 Å². The summed E-state index contributed by atoms with van der Waals surface area (Å²) in [7, 11) is 1.68. The van der Waals surface area contributed by atoms with Gasteiger partial charge < -0.3 is 9.84 Å². The summed E-state index contributed by atoms with van der Waals surface area (Å²) in [4.78, 5) is 2.85. The van der Waals surface area contributed by atoms with E-state index in [9.17, 15) is 5.11 Å². The zero-order valence-corrected chi connectivity index (χ0v) is 25.4. The number of aromatic hydroxyl groups is 1. The van der Waals surface area contributed by atoms with Crippen molar-refractivity contribution in [3.8, 4) is 11.5 Å². The molecule has 214 valence electrons. The number of benzene rings is 2. The van der Waals surface area contributed by atoms with Crippen LogP contribution in [0.25, 0.3) is 18.2 Å². The molecule has 41 heavy (non-hydrogen) atoms. The van der Waals surface area contributed by atoms with Crippen LogP contribution < -0.4 is 15.2 Å². The Bertz CT molecular complexity index is 1640. The molecule has 2 aromatic carbocycles. The van der Waals surface area contributed by atoms with Gasteiger partial charge in [0.25, 0.3) is 0 Å². The molecule has 0 aromatic heterocycles. The maximum Gasteiger partial charge on any atom is 0.161 e. The fourth-order valence-electron chi connectivity index (χ4n) is 9.33. The molecular formula is C38H45NO2. The second-order valence-corrected chi connectivity index (χ2v) is 13.9. The zero-order chi connectivity index (χ0) is 28.7. The molecule has 2 bridgehead atoms. The van der Waals surface area contributed by atoms with Crippen LogP contribution in [0.2, 0.25) is 0 Å². The maximum atomic E-state index is 11.7. The van der Waals surface area contributed by atoms with Crippen LogP contribution in [0, 0.1) is 11.3 Å². The highest BCUT2D eigenvalue weighted by Crippen LogP contribution is 2.65. The van der Waals surface area contributed by atoms with Crippen LogP contribution in [-0.4, -0.2) is 36.2 Å². The first-order chi connectivity index (χ1) is 19.7. The van der Waals surface area contributed by atoms with Crippen molar-refractivity contribution < 1.29 is 9.84 Å². The molecule has 1 unspecified atom stereocenters. The molecule has 1 saturated carbocycles. The Balaban J connectivity index is 1.38. The third-order valence-corrected chi connectivity index (χ3v) is 11.9. The van der Waals surface area contributed by atoms with Gasteiger partial charge in [0.2, 0.25) is 0 Å². The van der Waals surface area contributed by atoms with Crippen LogP contribution in [0.4, 0.5) is 0 Å². The number of phenolic OH excluding ortho intramolecular Hbond substituents is 1. The fourth-order valence-corrected chi connectivity index (χ4v) is 9.33. The number of ether oxygens (including phenoxy) is 1. The summed E-state index contributed by atoms with van der Waals surface area (Å²) in [5.41, 5.74) is 10.7. The molecule has 7 rings (SSSR count). The largest absolute Gasteiger partial charge is 0.504 e. The summed E-state index contributed by atoms with van der Waals surface area (Å²) in [5, 5.41) is 14.1. The number of phenols is 1. The minimum Gasteiger partial charge on any atom is -0.504 e. The average molecular weight is 548 g/mol. The molecule has 2 fully saturated rings. The lowest BCUT2D eigenvalue weighted by molar-refractivity contribution is -0.0541. The van der Waals surface area contributed by atoms with Crippen molar-refractivity contribution in [1.29, 1.82) is 0 Å². The van der Waals surface area contributed by atoms with Gasteiger partial charge in [-0.2, -0.15) is 0 Å². The third-order valence-electron chi connectivity index (χ3n) is 11.9. The van der Waals surface area contributed by atoms with Crippen LogP contribution in [0.1, 0.15) is 81.5 Å². The summed E-state index contributed by atoms with van der Waals surface area (Å²) < 4.78 is 5.69. The summed E-state index contributed by atoms with van der Waals surface area (Å²) >= 11 is 0. The monoisotopic (exact) mass is 547 g/mol. The highest BCUT2D eigenvalue weighted by atomic mass is 16.5. The van der Waals surface area contributed by atoms with Crippen molar-refractivity contribution in [3.05, 3.63) is 86.3 Å². The van der Waals surface area contributed by atoms with E-state index in [1.54, 1.807) is 7.11 Å². The maximum absolute atomic E-state index is 11.7. The lowest BCUT2D eigenvalue weighted by Crippen LogP contribution is -2.63. The zero-order valence-electron chi connectivity index (χ0n) is 25.4. The Morgan fingerprint density at radius 2 is 1.90 bits per heavy atom. The molecule has 2 aromatic rings. The topological polar surface area (TPSA) is 32.7 Å². The van der Waals surface area contributed by atoms with E-state index in [0.29, 0.717) is 17.5 Å². The van der Waals surface area contributed by atoms with E-state index in [-0.39, 0.29) is 10.8 Å². The van der Waals surface area contributed by atoms with Gasteiger partial charge in [0.05, 0.1) is 7.11 Å². The summed E-state index contributed by atoms with van der Waals surface area (Å²) in [6, 6.07) is 9.28. The molecule has 3 atom stereocenters. The van der Waals surface area contributed by atoms with Crippen molar-refractivity contribution in [3.63, 3.8) is 0 Å². The highest BCUT2D eigenvalue weighted by molar-refractivity contribution is 5.77. The Morgan fingerprint density at radius 1 is 1.10 bits per heavy atom. The van der Waals surface area contributed by atoms with Gasteiger partial charge in [-0.15, -0.1) is 0 Å². The third kappa shape index (κ3) is 3.88. The van der Waals surface area contributed by atoms with E-state index in [0.717, 1.165) is 56.2 Å². The number of hydrogen-bond donors (Lipinski definition) is 1. The number of hydrogen-bond acceptors (Lipinski definition) is 3. The fraction of sp³-hybridized carbons (Fsp3) is 0.474. The predicted octanol–water partition coefficient (Wildman–Crippen LogP) is 6.59. The van der Waals surface area contributed by atoms with Gasteiger partial charge in [0.1, 0.15) is 0 Å². The lowest BCUT2D eigenvalue weighted by atomic mass is 9.47. The van der Waals surface area contributed by atoms with E-state index in [4.69, 9.17) is 4.74 Å². The van der Waals surface area contributed by atoms with Crippen LogP contribution >= 0.6 is 0 Å². The van der Waals surface area contributed by atoms with Gasteiger partial charge in [-0.25, -0.2) is 0 Å². The number of aryl methyl sites for hydroxylation is 1. The molecule has 0 amide bonds. The van der Waals surface area contributed by atoms with E-state index in [2.05, 4.69) is 63.1 Å². The Hall–Kier alpha value is -3.04. The molecule has 4 aliphatic carbocycles. The Labute approximate surface area is 245 Å². The number of likely N-dealkylation sites (tertiary alicyclic amines) is 1. The summed E-state index contributed by atoms with van der Waals surface area (Å²) in [6.45, 7) is 18.1. The predicted molar refractivity (Wildman–Crippen MR) is 170 cm³/mol. The molecule has 3 nitrogen and oxygen atoms in total. The number of rotatable bonds is 5. The van der Waals surface area contributed by atoms with Gasteiger partial charge in [0, 0.05) is 23.6 Å². The Kier molecular flexibility index (Phi) is 6.21. The van der Waals surface area contributed by atoms with Crippen molar-refractivity contribution in [2.24, 2.45) is 11.3 Å². The van der Waals surface area contributed by atoms with Crippen LogP contribution in [0.5, 0.6) is 11.5 Å². The molecule has 1 heterocycles. The molecule has 5 aliphatic rings. The van der Waals surface area contributed by atoms with Crippen LogP contribution in [0.15, 0.2) is 53.6 Å². The number of piperidine rings is 1. The standard InChI is InChI=1S/C38H45NO2/c1-7-27-19-32-25(4)29(10-13-31(32)24(27)3)18-30-21-37(5)34-15-12-28-11-14-33(41-6)36(40)35(28)38(37,20-23(30)2)16-17-39(34)22-26-8-9-26/h7,10-11,13-14,18,26,34,40H,1,4,8-9,12,15-17,19-22H2,2-3,5-6H3/b29-18-/t34-,37?,38-/m1/s1. The number of methoxy groups -OCH3 is 1. The molecule has 3 heteroatoms. The molecule has 0 radical (unpaired) electrons. The van der Waals surface area contributed by atoms with E-state index in [1.165, 1.54) is 69.2 Å². The van der Waals surface area contributed by atoms with E-state index < -0.39 is 0 Å². The highest BCUT2D eigenvalue weighted by Gasteiger charge is 2.61. The lowest BCUT2D eigenvalue weighted by Gasteiger charge is -2.62. The molecular weight excluding hydrogens is 502 g/mol. The SMILES string of the molecule is C=CC1=C(C)c2cc/c(=C/C3=C(C)C[C@]45CCN(CC6CC6)[C@H](CCc6ccc(OC)c(O)c64)C5(C)C3)c(=C)c2C1. The number of fused-ring (bicyclic) bond motifs is 2. The first kappa shape index (κ1) is 26.8. The number of allylic oxidation sites excluding steroid dienone is 5. The van der Waals surface area contributed by atoms with Gasteiger partial charge >= 0.3 is 0 Å². The van der Waals surface area contributed by atoms with Gasteiger partial charge in [-0.3, -0.25) is 4.90 Å². The second-order valence-electron chi connectivity index (χ2n) is 13.9. The minimum atomic E-state index is -0.102. The minimum absolute atomic E-state index is 0.00674. The summed E-state index contributed by atoms with van der Waals surface area (Å²) in [6.07, 6.45) is 13.4. The van der Waals surface area contributed by atoms with Gasteiger partial charge in [-0.1, -0.05) is 56.0 Å². The van der Waals surface area contributed by atoms with E-state index >= 15 is 0 Å². The first-order valence-electron chi connectivity index (χ1n) is 15.7. The van der Waals surface area contributed by atoms with Crippen LogP contribution in [0.3, 0.4) is 0 Å². The molecule has 0 spiro atoms. The molecule has 1 saturated heterocycles. The quantitative estimate of drug-likeness (QED) is 0.458. The van der Waals surface area contributed by atoms with Crippen molar-refractivity contribution in [2.45, 2.75) is 83.6 Å². The number of nitrogens with zero attached hydrogens (tertiary/aromatic N) is 1. The second kappa shape index (κ2) is 9.49. The normalized spacial score (nSPS) is 29.7. The smallest absolute Gasteiger partial charge is 0.161 e. The average Bonchev–Trinajstić information content (AvgIpc) is 3.71. The first-order valence-corrected chi connectivity index (χ1v) is 15.7. The van der Waals surface area contributed by atoms with Crippen molar-refractivity contribution in [2.75, 3.05) is 20.2 Å². The molecule has 1 N–H and O–H groups in total. The van der Waals surface area contributed by atoms with Gasteiger partial charge in [-0.05, 0) is 133 Å². The van der Waals surface area contributed by atoms with Gasteiger partial charge in [0.15, 0.2) is 11.5 Å². The van der Waals surface area contributed by atoms with Crippen LogP contribution in [-0.2, 0) is 18.3 Å². The molecule has 1 aliphatic heterocycles. The van der Waals surface area contributed by atoms with Crippen molar-refractivity contribution >= 4 is 18.2 Å². The van der Waals surface area contributed by atoms with E-state index in [1.807, 2.05) is 12.1 Å². The summed E-state index contributed by atoms with van der Waals surface area (Å²) in [5.74, 6) is 1.86. The Morgan fingerprint density at radius 3 is 2.63 bits per heavy atom.